The number of ketones is 1. The highest BCUT2D eigenvalue weighted by atomic mass is 32.1. The number of carbonyl (C=O) groups excluding carboxylic acids is 2. The van der Waals surface area contributed by atoms with Gasteiger partial charge in [-0.25, -0.2) is 0 Å². The molecular weight excluding hydrogens is 414 g/mol. The minimum atomic E-state index is -0.702. The van der Waals surface area contributed by atoms with Gasteiger partial charge in [0.15, 0.2) is 0 Å². The molecule has 6 nitrogen and oxygen atoms in total. The van der Waals surface area contributed by atoms with Crippen molar-refractivity contribution in [3.63, 3.8) is 0 Å². The number of aliphatic hydroxyl groups excluding tert-OH is 1. The van der Waals surface area contributed by atoms with E-state index in [1.165, 1.54) is 23.3 Å². The van der Waals surface area contributed by atoms with Crippen LogP contribution >= 0.6 is 11.3 Å². The van der Waals surface area contributed by atoms with Crippen molar-refractivity contribution in [1.82, 2.24) is 4.90 Å². The van der Waals surface area contributed by atoms with Crippen molar-refractivity contribution in [2.75, 3.05) is 14.2 Å². The smallest absolute Gasteiger partial charge is 0.295 e. The molecule has 4 rings (SSSR count). The Bertz CT molecular complexity index is 1140. The summed E-state index contributed by atoms with van der Waals surface area (Å²) in [6.45, 7) is 0.228. The van der Waals surface area contributed by atoms with Crippen LogP contribution in [0.4, 0.5) is 0 Å². The lowest BCUT2D eigenvalue weighted by Crippen LogP contribution is -2.28. The first kappa shape index (κ1) is 20.7. The molecule has 1 aliphatic heterocycles. The fraction of sp³-hybridized carbons (Fsp3) is 0.167. The summed E-state index contributed by atoms with van der Waals surface area (Å²) in [5.74, 6) is -0.304. The Balaban J connectivity index is 1.79. The monoisotopic (exact) mass is 435 g/mol. The van der Waals surface area contributed by atoms with Crippen LogP contribution in [0.5, 0.6) is 11.5 Å². The van der Waals surface area contributed by atoms with Crippen LogP contribution < -0.4 is 9.47 Å². The fourth-order valence-electron chi connectivity index (χ4n) is 3.64. The van der Waals surface area contributed by atoms with E-state index in [0.29, 0.717) is 17.1 Å². The molecule has 158 valence electrons. The third-order valence-electron chi connectivity index (χ3n) is 5.21. The topological polar surface area (TPSA) is 76.1 Å². The van der Waals surface area contributed by atoms with Gasteiger partial charge >= 0.3 is 0 Å². The van der Waals surface area contributed by atoms with E-state index in [1.807, 2.05) is 41.8 Å². The summed E-state index contributed by atoms with van der Waals surface area (Å²) in [6, 6.07) is 17.2. The summed E-state index contributed by atoms with van der Waals surface area (Å²) < 4.78 is 10.4. The predicted molar refractivity (Wildman–Crippen MR) is 118 cm³/mol. The zero-order valence-electron chi connectivity index (χ0n) is 17.1. The number of rotatable bonds is 6. The lowest BCUT2D eigenvalue weighted by Gasteiger charge is -2.24. The van der Waals surface area contributed by atoms with Gasteiger partial charge < -0.3 is 19.5 Å². The summed E-state index contributed by atoms with van der Waals surface area (Å²) in [4.78, 5) is 28.3. The highest BCUT2D eigenvalue weighted by Crippen LogP contribution is 2.42. The van der Waals surface area contributed by atoms with Gasteiger partial charge in [-0.1, -0.05) is 30.3 Å². The molecule has 1 amide bonds. The van der Waals surface area contributed by atoms with Crippen molar-refractivity contribution < 1.29 is 24.2 Å². The number of hydrogen-bond donors (Lipinski definition) is 1. The van der Waals surface area contributed by atoms with E-state index in [0.717, 1.165) is 10.4 Å². The van der Waals surface area contributed by atoms with Crippen molar-refractivity contribution in [2.45, 2.75) is 12.6 Å². The first-order valence-corrected chi connectivity index (χ1v) is 10.5. The number of aliphatic hydroxyl groups is 1. The van der Waals surface area contributed by atoms with Gasteiger partial charge in [-0.2, -0.15) is 0 Å². The molecule has 1 saturated heterocycles. The van der Waals surface area contributed by atoms with Gasteiger partial charge in [0.05, 0.1) is 25.8 Å². The Morgan fingerprint density at radius 3 is 2.39 bits per heavy atom. The molecular formula is C24H21NO5S. The van der Waals surface area contributed by atoms with E-state index < -0.39 is 17.7 Å². The highest BCUT2D eigenvalue weighted by molar-refractivity contribution is 7.10. The number of methoxy groups -OCH3 is 2. The molecule has 0 saturated carbocycles. The predicted octanol–water partition coefficient (Wildman–Crippen LogP) is 4.39. The minimum absolute atomic E-state index is 0.0780. The number of thiophene rings is 1. The quantitative estimate of drug-likeness (QED) is 0.353. The molecule has 31 heavy (non-hydrogen) atoms. The molecule has 1 aliphatic rings. The summed E-state index contributed by atoms with van der Waals surface area (Å²) in [7, 11) is 3.11. The normalized spacial score (nSPS) is 17.7. The molecule has 0 aliphatic carbocycles. The van der Waals surface area contributed by atoms with E-state index in [2.05, 4.69) is 0 Å². The second kappa shape index (κ2) is 8.65. The Hall–Kier alpha value is -3.58. The zero-order valence-corrected chi connectivity index (χ0v) is 17.9. The summed E-state index contributed by atoms with van der Waals surface area (Å²) >= 11 is 1.43. The van der Waals surface area contributed by atoms with E-state index in [-0.39, 0.29) is 17.9 Å². The number of nitrogens with zero attached hydrogens (tertiary/aromatic N) is 1. The Kier molecular flexibility index (Phi) is 5.77. The average molecular weight is 436 g/mol. The van der Waals surface area contributed by atoms with Crippen molar-refractivity contribution in [3.8, 4) is 11.5 Å². The van der Waals surface area contributed by atoms with Crippen LogP contribution in [-0.4, -0.2) is 35.9 Å². The number of ether oxygens (including phenoxy) is 2. The number of Topliss-reactive ketones (excluding diaryl/α,β-unsaturated/α-hetero) is 1. The number of hydrogen-bond acceptors (Lipinski definition) is 6. The molecule has 2 aromatic carbocycles. The first-order valence-electron chi connectivity index (χ1n) is 9.62. The third kappa shape index (κ3) is 3.92. The number of benzene rings is 2. The molecule has 1 atom stereocenters. The van der Waals surface area contributed by atoms with Crippen LogP contribution in [0.15, 0.2) is 71.6 Å². The van der Waals surface area contributed by atoms with Gasteiger partial charge in [-0.05, 0) is 41.3 Å². The average Bonchev–Trinajstić information content (AvgIpc) is 3.42. The summed E-state index contributed by atoms with van der Waals surface area (Å²) in [5, 5.41) is 12.9. The Morgan fingerprint density at radius 2 is 1.74 bits per heavy atom. The van der Waals surface area contributed by atoms with Crippen molar-refractivity contribution in [3.05, 3.63) is 87.6 Å². The SMILES string of the molecule is COc1ccc(CN2C(=O)C(=O)/C(=C(\O)c3cccc(OC)c3)C2c2cccs2)cc1. The van der Waals surface area contributed by atoms with Crippen LogP contribution in [0.1, 0.15) is 22.0 Å². The maximum Gasteiger partial charge on any atom is 0.295 e. The second-order valence-corrected chi connectivity index (χ2v) is 8.00. The van der Waals surface area contributed by atoms with Gasteiger partial charge in [-0.3, -0.25) is 9.59 Å². The molecule has 1 unspecified atom stereocenters. The molecule has 0 spiro atoms. The Morgan fingerprint density at radius 1 is 1.00 bits per heavy atom. The fourth-order valence-corrected chi connectivity index (χ4v) is 4.48. The third-order valence-corrected chi connectivity index (χ3v) is 6.13. The highest BCUT2D eigenvalue weighted by Gasteiger charge is 2.46. The van der Waals surface area contributed by atoms with Crippen molar-refractivity contribution >= 4 is 28.8 Å². The zero-order chi connectivity index (χ0) is 22.0. The molecule has 3 aromatic rings. The van der Waals surface area contributed by atoms with Gasteiger partial charge in [0.2, 0.25) is 0 Å². The molecule has 7 heteroatoms. The largest absolute Gasteiger partial charge is 0.507 e. The molecule has 2 heterocycles. The van der Waals surface area contributed by atoms with Gasteiger partial charge in [0, 0.05) is 17.0 Å². The molecule has 1 N–H and O–H groups in total. The standard InChI is InChI=1S/C24H21NO5S/c1-29-17-10-8-15(9-11-17)14-25-21(19-7-4-12-31-19)20(23(27)24(25)28)22(26)16-5-3-6-18(13-16)30-2/h3-13,21,26H,14H2,1-2H3/b22-20-. The van der Waals surface area contributed by atoms with Crippen LogP contribution in [0.25, 0.3) is 5.76 Å². The van der Waals surface area contributed by atoms with E-state index in [9.17, 15) is 14.7 Å². The maximum atomic E-state index is 13.0. The molecule has 0 bridgehead atoms. The van der Waals surface area contributed by atoms with Gasteiger partial charge in [0.25, 0.3) is 11.7 Å². The minimum Gasteiger partial charge on any atom is -0.507 e. The lowest BCUT2D eigenvalue weighted by molar-refractivity contribution is -0.140. The van der Waals surface area contributed by atoms with Crippen LogP contribution in [0, 0.1) is 0 Å². The number of amides is 1. The van der Waals surface area contributed by atoms with Crippen molar-refractivity contribution in [1.29, 1.82) is 0 Å². The molecule has 1 aromatic heterocycles. The summed E-state index contributed by atoms with van der Waals surface area (Å²) in [6.07, 6.45) is 0. The number of likely N-dealkylation sites (tertiary alicyclic amines) is 1. The first-order chi connectivity index (χ1) is 15.0. The van der Waals surface area contributed by atoms with Crippen molar-refractivity contribution in [2.24, 2.45) is 0 Å². The second-order valence-electron chi connectivity index (χ2n) is 7.02. The maximum absolute atomic E-state index is 13.0. The van der Waals surface area contributed by atoms with Crippen LogP contribution in [-0.2, 0) is 16.1 Å². The number of carbonyl (C=O) groups is 2. The van der Waals surface area contributed by atoms with E-state index in [4.69, 9.17) is 9.47 Å². The van der Waals surface area contributed by atoms with E-state index in [1.54, 1.807) is 31.4 Å². The molecule has 1 fully saturated rings. The summed E-state index contributed by atoms with van der Waals surface area (Å²) in [5.41, 5.74) is 1.35. The van der Waals surface area contributed by atoms with Crippen LogP contribution in [0.3, 0.4) is 0 Å². The van der Waals surface area contributed by atoms with Crippen LogP contribution in [0.2, 0.25) is 0 Å². The van der Waals surface area contributed by atoms with E-state index >= 15 is 0 Å². The lowest BCUT2D eigenvalue weighted by atomic mass is 9.99. The Labute approximate surface area is 184 Å². The van der Waals surface area contributed by atoms with Gasteiger partial charge in [0.1, 0.15) is 17.3 Å². The van der Waals surface area contributed by atoms with Gasteiger partial charge in [-0.15, -0.1) is 11.3 Å². The molecule has 0 radical (unpaired) electrons.